The molecule has 2 aromatic heterocycles. The van der Waals surface area contributed by atoms with Gasteiger partial charge in [0.15, 0.2) is 5.65 Å². The number of benzene rings is 1. The number of hydrogen-bond donors (Lipinski definition) is 0. The summed E-state index contributed by atoms with van der Waals surface area (Å²) in [6.45, 7) is 3.90. The van der Waals surface area contributed by atoms with Crippen molar-refractivity contribution in [3.63, 3.8) is 0 Å². The van der Waals surface area contributed by atoms with Gasteiger partial charge in [-0.3, -0.25) is 0 Å². The van der Waals surface area contributed by atoms with E-state index in [1.807, 2.05) is 4.68 Å². The van der Waals surface area contributed by atoms with E-state index in [4.69, 9.17) is 0 Å². The summed E-state index contributed by atoms with van der Waals surface area (Å²) in [7, 11) is 0. The maximum atomic E-state index is 14.1. The molecule has 3 heterocycles. The fourth-order valence-electron chi connectivity index (χ4n) is 3.37. The van der Waals surface area contributed by atoms with Crippen LogP contribution in [-0.4, -0.2) is 44.3 Å². The Labute approximate surface area is 144 Å². The summed E-state index contributed by atoms with van der Waals surface area (Å²) in [6, 6.07) is 3.49. The first-order valence-corrected chi connectivity index (χ1v) is 8.57. The Morgan fingerprint density at radius 1 is 1.00 bits per heavy atom. The molecule has 0 saturated carbocycles. The lowest BCUT2D eigenvalue weighted by atomic mass is 10.1. The first-order chi connectivity index (χ1) is 12.2. The molecule has 0 bridgehead atoms. The Morgan fingerprint density at radius 3 is 2.64 bits per heavy atom. The average molecular weight is 343 g/mol. The van der Waals surface area contributed by atoms with Crippen molar-refractivity contribution in [1.82, 2.24) is 24.6 Å². The van der Waals surface area contributed by atoms with E-state index in [9.17, 15) is 8.78 Å². The van der Waals surface area contributed by atoms with Crippen LogP contribution in [0.2, 0.25) is 0 Å². The fraction of sp³-hybridized carbons (Fsp3) is 0.389. The van der Waals surface area contributed by atoms with Gasteiger partial charge in [0.1, 0.15) is 18.0 Å². The van der Waals surface area contributed by atoms with Crippen molar-refractivity contribution in [3.05, 3.63) is 42.4 Å². The number of likely N-dealkylation sites (tertiary alicyclic amines) is 1. The van der Waals surface area contributed by atoms with E-state index >= 15 is 0 Å². The van der Waals surface area contributed by atoms with Crippen LogP contribution in [0.4, 0.5) is 8.78 Å². The molecule has 1 saturated heterocycles. The number of hydrogen-bond acceptors (Lipinski definition) is 4. The van der Waals surface area contributed by atoms with Crippen molar-refractivity contribution in [2.75, 3.05) is 19.6 Å². The zero-order chi connectivity index (χ0) is 17.2. The van der Waals surface area contributed by atoms with E-state index in [2.05, 4.69) is 20.0 Å². The fourth-order valence-corrected chi connectivity index (χ4v) is 3.37. The molecule has 1 aliphatic rings. The van der Waals surface area contributed by atoms with Gasteiger partial charge < -0.3 is 4.90 Å². The van der Waals surface area contributed by atoms with Crippen molar-refractivity contribution in [2.45, 2.75) is 25.8 Å². The van der Waals surface area contributed by atoms with Gasteiger partial charge in [-0.2, -0.15) is 5.10 Å². The van der Waals surface area contributed by atoms with Crippen molar-refractivity contribution >= 4 is 11.0 Å². The molecular weight excluding hydrogens is 324 g/mol. The second-order valence-corrected chi connectivity index (χ2v) is 6.35. The molecule has 1 aliphatic heterocycles. The molecule has 7 heteroatoms. The molecular formula is C18H19F2N5. The lowest BCUT2D eigenvalue weighted by Crippen LogP contribution is -2.32. The molecule has 0 atom stereocenters. The highest BCUT2D eigenvalue weighted by molar-refractivity contribution is 5.90. The summed E-state index contributed by atoms with van der Waals surface area (Å²) < 4.78 is 29.1. The Morgan fingerprint density at radius 2 is 1.84 bits per heavy atom. The third kappa shape index (κ3) is 3.24. The van der Waals surface area contributed by atoms with Gasteiger partial charge in [0, 0.05) is 18.2 Å². The van der Waals surface area contributed by atoms with E-state index in [1.165, 1.54) is 37.7 Å². The summed E-state index contributed by atoms with van der Waals surface area (Å²) in [4.78, 5) is 10.9. The summed E-state index contributed by atoms with van der Waals surface area (Å²) in [5, 5.41) is 5.08. The monoisotopic (exact) mass is 343 g/mol. The lowest BCUT2D eigenvalue weighted by Gasteiger charge is -2.26. The molecule has 0 unspecified atom stereocenters. The third-order valence-corrected chi connectivity index (χ3v) is 4.70. The van der Waals surface area contributed by atoms with Gasteiger partial charge in [0.05, 0.1) is 23.8 Å². The molecule has 0 spiro atoms. The molecule has 0 radical (unpaired) electrons. The summed E-state index contributed by atoms with van der Waals surface area (Å²) in [5.41, 5.74) is 1.36. The van der Waals surface area contributed by atoms with Gasteiger partial charge in [-0.05, 0) is 38.1 Å². The second kappa shape index (κ2) is 6.84. The molecule has 1 aromatic carbocycles. The number of rotatable bonds is 4. The van der Waals surface area contributed by atoms with Gasteiger partial charge in [-0.15, -0.1) is 0 Å². The minimum Gasteiger partial charge on any atom is -0.301 e. The van der Waals surface area contributed by atoms with Crippen LogP contribution in [0, 0.1) is 11.6 Å². The predicted molar refractivity (Wildman–Crippen MR) is 91.0 cm³/mol. The minimum atomic E-state index is -0.638. The highest BCUT2D eigenvalue weighted by atomic mass is 19.1. The molecule has 130 valence electrons. The van der Waals surface area contributed by atoms with Gasteiger partial charge in [-0.1, -0.05) is 6.42 Å². The largest absolute Gasteiger partial charge is 0.301 e. The Kier molecular flexibility index (Phi) is 4.40. The molecule has 3 aromatic rings. The Balaban J connectivity index is 1.63. The van der Waals surface area contributed by atoms with Crippen molar-refractivity contribution in [1.29, 1.82) is 0 Å². The zero-order valence-corrected chi connectivity index (χ0v) is 13.8. The molecule has 0 amide bonds. The maximum absolute atomic E-state index is 14.1. The molecule has 0 aliphatic carbocycles. The first-order valence-electron chi connectivity index (χ1n) is 8.57. The zero-order valence-electron chi connectivity index (χ0n) is 13.8. The van der Waals surface area contributed by atoms with E-state index in [0.29, 0.717) is 16.7 Å². The van der Waals surface area contributed by atoms with Crippen LogP contribution in [0.25, 0.3) is 22.3 Å². The topological polar surface area (TPSA) is 46.8 Å². The van der Waals surface area contributed by atoms with E-state index in [0.717, 1.165) is 32.2 Å². The first kappa shape index (κ1) is 16.1. The van der Waals surface area contributed by atoms with Crippen LogP contribution < -0.4 is 0 Å². The SMILES string of the molecule is Fc1ccc(-c2ncnc3c2cnn3CCN2CCCCC2)c(F)c1. The average Bonchev–Trinajstić information content (AvgIpc) is 3.04. The normalized spacial score (nSPS) is 15.8. The summed E-state index contributed by atoms with van der Waals surface area (Å²) in [5.74, 6) is -1.25. The third-order valence-electron chi connectivity index (χ3n) is 4.70. The van der Waals surface area contributed by atoms with E-state index in [1.54, 1.807) is 6.20 Å². The predicted octanol–water partition coefficient (Wildman–Crippen LogP) is 3.26. The maximum Gasteiger partial charge on any atom is 0.161 e. The quantitative estimate of drug-likeness (QED) is 0.729. The van der Waals surface area contributed by atoms with Crippen LogP contribution in [0.15, 0.2) is 30.7 Å². The number of aromatic nitrogens is 4. The second-order valence-electron chi connectivity index (χ2n) is 6.35. The Hall–Kier alpha value is -2.41. The molecule has 0 N–H and O–H groups in total. The van der Waals surface area contributed by atoms with Crippen molar-refractivity contribution in [3.8, 4) is 11.3 Å². The highest BCUT2D eigenvalue weighted by Crippen LogP contribution is 2.27. The van der Waals surface area contributed by atoms with Gasteiger partial charge >= 0.3 is 0 Å². The smallest absolute Gasteiger partial charge is 0.161 e. The Bertz CT molecular complexity index is 886. The van der Waals surface area contributed by atoms with E-state index < -0.39 is 11.6 Å². The molecule has 1 fully saturated rings. The van der Waals surface area contributed by atoms with Crippen LogP contribution in [0.3, 0.4) is 0 Å². The van der Waals surface area contributed by atoms with Crippen LogP contribution >= 0.6 is 0 Å². The van der Waals surface area contributed by atoms with E-state index in [-0.39, 0.29) is 5.56 Å². The summed E-state index contributed by atoms with van der Waals surface area (Å²) >= 11 is 0. The van der Waals surface area contributed by atoms with Crippen LogP contribution in [0.5, 0.6) is 0 Å². The number of piperidine rings is 1. The van der Waals surface area contributed by atoms with Crippen LogP contribution in [0.1, 0.15) is 19.3 Å². The lowest BCUT2D eigenvalue weighted by molar-refractivity contribution is 0.219. The van der Waals surface area contributed by atoms with Crippen molar-refractivity contribution < 1.29 is 8.78 Å². The number of fused-ring (bicyclic) bond motifs is 1. The standard InChI is InChI=1S/C18H19F2N5/c19-13-4-5-14(16(20)10-13)17-15-11-23-25(18(15)22-12-21-17)9-8-24-6-2-1-3-7-24/h4-5,10-12H,1-3,6-9H2. The number of halogens is 2. The molecule has 5 nitrogen and oxygen atoms in total. The molecule has 25 heavy (non-hydrogen) atoms. The van der Waals surface area contributed by atoms with Gasteiger partial charge in [-0.25, -0.2) is 23.4 Å². The van der Waals surface area contributed by atoms with Crippen LogP contribution in [-0.2, 0) is 6.54 Å². The minimum absolute atomic E-state index is 0.254. The highest BCUT2D eigenvalue weighted by Gasteiger charge is 2.16. The molecule has 4 rings (SSSR count). The van der Waals surface area contributed by atoms with Crippen molar-refractivity contribution in [2.24, 2.45) is 0 Å². The van der Waals surface area contributed by atoms with Gasteiger partial charge in [0.2, 0.25) is 0 Å². The van der Waals surface area contributed by atoms with Gasteiger partial charge in [0.25, 0.3) is 0 Å². The summed E-state index contributed by atoms with van der Waals surface area (Å²) in [6.07, 6.45) is 6.86. The number of nitrogens with zero attached hydrogens (tertiary/aromatic N) is 5.